The number of nitrogen functional groups attached to an aromatic ring is 1. The zero-order valence-electron chi connectivity index (χ0n) is 6.35. The highest BCUT2D eigenvalue weighted by molar-refractivity contribution is 5.50. The zero-order valence-corrected chi connectivity index (χ0v) is 6.35. The van der Waals surface area contributed by atoms with E-state index in [1.807, 2.05) is 0 Å². The summed E-state index contributed by atoms with van der Waals surface area (Å²) in [6.07, 6.45) is 1.08. The lowest BCUT2D eigenvalue weighted by atomic mass is 10.4. The Morgan fingerprint density at radius 1 is 1.75 bits per heavy atom. The van der Waals surface area contributed by atoms with Gasteiger partial charge in [-0.25, -0.2) is 4.98 Å². The highest BCUT2D eigenvalue weighted by Gasteiger charge is 2.09. The summed E-state index contributed by atoms with van der Waals surface area (Å²) in [4.78, 5) is 13.3. The molecule has 0 unspecified atom stereocenters. The molecule has 0 aliphatic rings. The van der Waals surface area contributed by atoms with Crippen molar-refractivity contribution in [3.05, 3.63) is 22.4 Å². The van der Waals surface area contributed by atoms with Crippen LogP contribution in [0.5, 0.6) is 5.75 Å². The minimum absolute atomic E-state index is 0.138. The van der Waals surface area contributed by atoms with Crippen molar-refractivity contribution in [3.63, 3.8) is 0 Å². The van der Waals surface area contributed by atoms with Crippen LogP contribution >= 0.6 is 0 Å². The third kappa shape index (κ3) is 1.42. The van der Waals surface area contributed by atoms with Crippen molar-refractivity contribution in [3.8, 4) is 5.75 Å². The van der Waals surface area contributed by atoms with Crippen LogP contribution in [0, 0.1) is 10.1 Å². The Morgan fingerprint density at radius 3 is 2.92 bits per heavy atom. The van der Waals surface area contributed by atoms with Crippen molar-refractivity contribution in [1.82, 2.24) is 4.98 Å². The van der Waals surface area contributed by atoms with Crippen molar-refractivity contribution in [2.24, 2.45) is 0 Å². The molecule has 1 rings (SSSR count). The third-order valence-corrected chi connectivity index (χ3v) is 1.30. The fraction of sp³-hybridized carbons (Fsp3) is 0.167. The average Bonchev–Trinajstić information content (AvgIpc) is 2.05. The summed E-state index contributed by atoms with van der Waals surface area (Å²) in [6, 6.07) is 1.22. The molecule has 0 atom stereocenters. The van der Waals surface area contributed by atoms with Crippen molar-refractivity contribution >= 4 is 11.5 Å². The van der Waals surface area contributed by atoms with Crippen LogP contribution in [0.15, 0.2) is 12.3 Å². The molecule has 6 nitrogen and oxygen atoms in total. The van der Waals surface area contributed by atoms with E-state index in [0.717, 1.165) is 6.20 Å². The normalized spacial score (nSPS) is 9.42. The molecule has 64 valence electrons. The summed E-state index contributed by atoms with van der Waals surface area (Å²) in [5.74, 6) is 0.354. The lowest BCUT2D eigenvalue weighted by Gasteiger charge is -2.00. The van der Waals surface area contributed by atoms with E-state index >= 15 is 0 Å². The standard InChI is InChI=1S/C6H7N3O3/c1-12-5-2-4(9(10)11)3-8-6(5)7/h2-3H,1H3,(H2,7,8). The predicted octanol–water partition coefficient (Wildman–Crippen LogP) is 0.581. The van der Waals surface area contributed by atoms with Crippen LogP contribution in [0.25, 0.3) is 0 Å². The van der Waals surface area contributed by atoms with E-state index in [4.69, 9.17) is 10.5 Å². The van der Waals surface area contributed by atoms with Gasteiger partial charge in [-0.05, 0) is 0 Å². The Kier molecular flexibility index (Phi) is 2.09. The fourth-order valence-corrected chi connectivity index (χ4v) is 0.708. The molecule has 1 heterocycles. The second-order valence-electron chi connectivity index (χ2n) is 2.04. The van der Waals surface area contributed by atoms with Crippen LogP contribution in [-0.2, 0) is 0 Å². The van der Waals surface area contributed by atoms with Gasteiger partial charge in [0, 0.05) is 0 Å². The number of anilines is 1. The number of nitrogens with two attached hydrogens (primary N) is 1. The van der Waals surface area contributed by atoms with Gasteiger partial charge in [-0.3, -0.25) is 10.1 Å². The molecule has 0 bridgehead atoms. The van der Waals surface area contributed by atoms with E-state index in [2.05, 4.69) is 4.98 Å². The van der Waals surface area contributed by atoms with E-state index in [9.17, 15) is 10.1 Å². The molecule has 0 aliphatic carbocycles. The summed E-state index contributed by atoms with van der Waals surface area (Å²) >= 11 is 0. The van der Waals surface area contributed by atoms with E-state index in [1.165, 1.54) is 13.2 Å². The molecule has 2 N–H and O–H groups in total. The number of nitro groups is 1. The SMILES string of the molecule is COc1cc([N+](=O)[O-])cnc1N. The van der Waals surface area contributed by atoms with Gasteiger partial charge in [-0.15, -0.1) is 0 Å². The summed E-state index contributed by atoms with van der Waals surface area (Å²) in [7, 11) is 1.37. The molecule has 0 saturated heterocycles. The maximum Gasteiger partial charge on any atom is 0.291 e. The topological polar surface area (TPSA) is 91.3 Å². The largest absolute Gasteiger partial charge is 0.493 e. The monoisotopic (exact) mass is 169 g/mol. The van der Waals surface area contributed by atoms with Gasteiger partial charge in [0.05, 0.1) is 18.1 Å². The first-order chi connectivity index (χ1) is 5.65. The van der Waals surface area contributed by atoms with Gasteiger partial charge in [0.15, 0.2) is 11.6 Å². The third-order valence-electron chi connectivity index (χ3n) is 1.30. The van der Waals surface area contributed by atoms with Crippen LogP contribution in [-0.4, -0.2) is 17.0 Å². The highest BCUT2D eigenvalue weighted by Crippen LogP contribution is 2.22. The van der Waals surface area contributed by atoms with Crippen LogP contribution < -0.4 is 10.5 Å². The molecular formula is C6H7N3O3. The first-order valence-electron chi connectivity index (χ1n) is 3.09. The Bertz CT molecular complexity index is 313. The molecule has 6 heteroatoms. The zero-order chi connectivity index (χ0) is 9.14. The molecular weight excluding hydrogens is 162 g/mol. The van der Waals surface area contributed by atoms with E-state index in [-0.39, 0.29) is 17.3 Å². The van der Waals surface area contributed by atoms with Crippen molar-refractivity contribution in [2.75, 3.05) is 12.8 Å². The Hall–Kier alpha value is -1.85. The molecule has 12 heavy (non-hydrogen) atoms. The van der Waals surface area contributed by atoms with Crippen LogP contribution in [0.1, 0.15) is 0 Å². The minimum Gasteiger partial charge on any atom is -0.493 e. The van der Waals surface area contributed by atoms with Gasteiger partial charge in [0.25, 0.3) is 5.69 Å². The quantitative estimate of drug-likeness (QED) is 0.516. The van der Waals surface area contributed by atoms with Gasteiger partial charge >= 0.3 is 0 Å². The van der Waals surface area contributed by atoms with Gasteiger partial charge in [0.1, 0.15) is 6.20 Å². The average molecular weight is 169 g/mol. The first kappa shape index (κ1) is 8.25. The van der Waals surface area contributed by atoms with Crippen molar-refractivity contribution in [2.45, 2.75) is 0 Å². The number of hydrogen-bond acceptors (Lipinski definition) is 5. The predicted molar refractivity (Wildman–Crippen MR) is 41.9 cm³/mol. The Balaban J connectivity index is 3.13. The van der Waals surface area contributed by atoms with Crippen molar-refractivity contribution < 1.29 is 9.66 Å². The van der Waals surface area contributed by atoms with E-state index in [0.29, 0.717) is 0 Å². The number of nitrogens with zero attached hydrogens (tertiary/aromatic N) is 2. The van der Waals surface area contributed by atoms with Crippen LogP contribution in [0.2, 0.25) is 0 Å². The molecule has 1 aromatic rings. The minimum atomic E-state index is -0.561. The highest BCUT2D eigenvalue weighted by atomic mass is 16.6. The number of ether oxygens (including phenoxy) is 1. The number of aromatic nitrogens is 1. The second-order valence-corrected chi connectivity index (χ2v) is 2.04. The molecule has 0 aliphatic heterocycles. The lowest BCUT2D eigenvalue weighted by Crippen LogP contribution is -1.97. The van der Waals surface area contributed by atoms with Gasteiger partial charge in [0.2, 0.25) is 0 Å². The Morgan fingerprint density at radius 2 is 2.42 bits per heavy atom. The number of rotatable bonds is 2. The van der Waals surface area contributed by atoms with Gasteiger partial charge < -0.3 is 10.5 Å². The smallest absolute Gasteiger partial charge is 0.291 e. The van der Waals surface area contributed by atoms with E-state index in [1.54, 1.807) is 0 Å². The summed E-state index contributed by atoms with van der Waals surface area (Å²) in [6.45, 7) is 0. The fourth-order valence-electron chi connectivity index (χ4n) is 0.708. The van der Waals surface area contributed by atoms with Gasteiger partial charge in [-0.1, -0.05) is 0 Å². The maximum absolute atomic E-state index is 10.2. The van der Waals surface area contributed by atoms with Crippen LogP contribution in [0.3, 0.4) is 0 Å². The Labute approximate surface area is 68.1 Å². The van der Waals surface area contributed by atoms with Gasteiger partial charge in [-0.2, -0.15) is 0 Å². The van der Waals surface area contributed by atoms with Crippen LogP contribution in [0.4, 0.5) is 11.5 Å². The molecule has 0 amide bonds. The molecule has 0 aromatic carbocycles. The summed E-state index contributed by atoms with van der Waals surface area (Å²) in [5, 5.41) is 10.2. The number of hydrogen-bond donors (Lipinski definition) is 1. The number of pyridine rings is 1. The molecule has 0 fully saturated rings. The van der Waals surface area contributed by atoms with E-state index < -0.39 is 4.92 Å². The maximum atomic E-state index is 10.2. The first-order valence-corrected chi connectivity index (χ1v) is 3.09. The lowest BCUT2D eigenvalue weighted by molar-refractivity contribution is -0.385. The summed E-state index contributed by atoms with van der Waals surface area (Å²) in [5.41, 5.74) is 5.20. The molecule has 0 radical (unpaired) electrons. The second kappa shape index (κ2) is 3.04. The molecule has 1 aromatic heterocycles. The summed E-state index contributed by atoms with van der Waals surface area (Å²) < 4.78 is 4.74. The molecule has 0 saturated carbocycles. The van der Waals surface area contributed by atoms with Crippen molar-refractivity contribution in [1.29, 1.82) is 0 Å². The number of methoxy groups -OCH3 is 1. The molecule has 0 spiro atoms.